The average molecular weight is 333 g/mol. The molecule has 1 aliphatic carbocycles. The van der Waals surface area contributed by atoms with Gasteiger partial charge in [-0.15, -0.1) is 0 Å². The standard InChI is InChI=1S/C19H31N3O2/c1-19(2,15-8-4-5-9-15)18(24)22-11-6-7-14(13-22)16(23)17-20-10-12-21(17)3/h10,12,14-16,23H,4-9,11,13H2,1-3H3. The summed E-state index contributed by atoms with van der Waals surface area (Å²) in [7, 11) is 1.90. The molecule has 3 rings (SSSR count). The first-order valence-electron chi connectivity index (χ1n) is 9.36. The summed E-state index contributed by atoms with van der Waals surface area (Å²) in [5.41, 5.74) is -0.285. The van der Waals surface area contributed by atoms with Crippen LogP contribution in [0.4, 0.5) is 0 Å². The van der Waals surface area contributed by atoms with Gasteiger partial charge in [-0.3, -0.25) is 4.79 Å². The topological polar surface area (TPSA) is 58.4 Å². The van der Waals surface area contributed by atoms with Gasteiger partial charge >= 0.3 is 0 Å². The lowest BCUT2D eigenvalue weighted by Crippen LogP contribution is -2.49. The van der Waals surface area contributed by atoms with E-state index in [0.717, 1.165) is 19.4 Å². The maximum absolute atomic E-state index is 13.2. The molecule has 2 fully saturated rings. The highest BCUT2D eigenvalue weighted by Gasteiger charge is 2.42. The molecule has 1 N–H and O–H groups in total. The number of aliphatic hydroxyl groups excluding tert-OH is 1. The van der Waals surface area contributed by atoms with Gasteiger partial charge in [-0.1, -0.05) is 26.7 Å². The lowest BCUT2D eigenvalue weighted by atomic mass is 9.76. The van der Waals surface area contributed by atoms with Crippen LogP contribution in [0.1, 0.15) is 64.3 Å². The maximum atomic E-state index is 13.2. The number of imidazole rings is 1. The molecule has 5 nitrogen and oxygen atoms in total. The fraction of sp³-hybridized carbons (Fsp3) is 0.789. The summed E-state index contributed by atoms with van der Waals surface area (Å²) in [6, 6.07) is 0. The van der Waals surface area contributed by atoms with Crippen molar-refractivity contribution in [2.24, 2.45) is 24.3 Å². The average Bonchev–Trinajstić information content (AvgIpc) is 3.25. The highest BCUT2D eigenvalue weighted by Crippen LogP contribution is 2.41. The van der Waals surface area contributed by atoms with E-state index in [1.165, 1.54) is 25.7 Å². The van der Waals surface area contributed by atoms with Gasteiger partial charge < -0.3 is 14.6 Å². The fourth-order valence-corrected chi connectivity index (χ4v) is 4.55. The van der Waals surface area contributed by atoms with Gasteiger partial charge in [0.05, 0.1) is 0 Å². The number of amides is 1. The molecule has 1 saturated carbocycles. The first-order valence-corrected chi connectivity index (χ1v) is 9.36. The smallest absolute Gasteiger partial charge is 0.228 e. The SMILES string of the molecule is Cn1ccnc1C(O)C1CCCN(C(=O)C(C)(C)C2CCCC2)C1. The van der Waals surface area contributed by atoms with Crippen LogP contribution in [0.5, 0.6) is 0 Å². The highest BCUT2D eigenvalue weighted by atomic mass is 16.3. The van der Waals surface area contributed by atoms with Gasteiger partial charge in [0, 0.05) is 43.9 Å². The fourth-order valence-electron chi connectivity index (χ4n) is 4.55. The Morgan fingerprint density at radius 3 is 2.62 bits per heavy atom. The van der Waals surface area contributed by atoms with Crippen molar-refractivity contribution in [3.05, 3.63) is 18.2 Å². The first-order chi connectivity index (χ1) is 11.4. The van der Waals surface area contributed by atoms with E-state index in [9.17, 15) is 9.90 Å². The molecule has 1 amide bonds. The van der Waals surface area contributed by atoms with Crippen LogP contribution in [0.2, 0.25) is 0 Å². The number of nitrogens with zero attached hydrogens (tertiary/aromatic N) is 3. The number of aliphatic hydroxyl groups is 1. The van der Waals surface area contributed by atoms with E-state index < -0.39 is 6.10 Å². The molecule has 0 bridgehead atoms. The molecule has 134 valence electrons. The zero-order valence-corrected chi connectivity index (χ0v) is 15.2. The molecule has 0 radical (unpaired) electrons. The highest BCUT2D eigenvalue weighted by molar-refractivity contribution is 5.82. The Balaban J connectivity index is 1.68. The first kappa shape index (κ1) is 17.5. The number of hydrogen-bond donors (Lipinski definition) is 1. The third kappa shape index (κ3) is 3.23. The van der Waals surface area contributed by atoms with Gasteiger partial charge in [-0.2, -0.15) is 0 Å². The summed E-state index contributed by atoms with van der Waals surface area (Å²) in [5.74, 6) is 1.54. The van der Waals surface area contributed by atoms with E-state index in [1.807, 2.05) is 22.7 Å². The van der Waals surface area contributed by atoms with Gasteiger partial charge in [0.2, 0.25) is 5.91 Å². The second-order valence-corrected chi connectivity index (χ2v) is 8.20. The van der Waals surface area contributed by atoms with Crippen LogP contribution in [0.15, 0.2) is 12.4 Å². The van der Waals surface area contributed by atoms with Gasteiger partial charge in [-0.25, -0.2) is 4.98 Å². The zero-order chi connectivity index (χ0) is 17.3. The second kappa shape index (κ2) is 6.87. The largest absolute Gasteiger partial charge is 0.385 e. The van der Waals surface area contributed by atoms with Crippen LogP contribution in [0.3, 0.4) is 0 Å². The molecule has 24 heavy (non-hydrogen) atoms. The molecule has 1 aromatic heterocycles. The Kier molecular flexibility index (Phi) is 5.00. The molecule has 1 saturated heterocycles. The molecular formula is C19H31N3O2. The van der Waals surface area contributed by atoms with Gasteiger partial charge in [0.1, 0.15) is 11.9 Å². The molecular weight excluding hydrogens is 302 g/mol. The number of carbonyl (C=O) groups is 1. The van der Waals surface area contributed by atoms with Crippen molar-refractivity contribution >= 4 is 5.91 Å². The lowest BCUT2D eigenvalue weighted by molar-refractivity contribution is -0.146. The monoisotopic (exact) mass is 333 g/mol. The van der Waals surface area contributed by atoms with Crippen molar-refractivity contribution in [2.45, 2.75) is 58.5 Å². The van der Waals surface area contributed by atoms with Gasteiger partial charge in [0.25, 0.3) is 0 Å². The third-order valence-electron chi connectivity index (χ3n) is 6.24. The number of likely N-dealkylation sites (tertiary alicyclic amines) is 1. The minimum Gasteiger partial charge on any atom is -0.385 e. The van der Waals surface area contributed by atoms with Crippen molar-refractivity contribution in [3.8, 4) is 0 Å². The number of carbonyl (C=O) groups excluding carboxylic acids is 1. The van der Waals surface area contributed by atoms with Crippen molar-refractivity contribution < 1.29 is 9.90 Å². The summed E-state index contributed by atoms with van der Waals surface area (Å²) < 4.78 is 1.87. The molecule has 1 aromatic rings. The van der Waals surface area contributed by atoms with E-state index in [0.29, 0.717) is 18.3 Å². The quantitative estimate of drug-likeness (QED) is 0.922. The van der Waals surface area contributed by atoms with Crippen molar-refractivity contribution in [3.63, 3.8) is 0 Å². The summed E-state index contributed by atoms with van der Waals surface area (Å²) in [5, 5.41) is 10.7. The van der Waals surface area contributed by atoms with E-state index >= 15 is 0 Å². The Bertz CT molecular complexity index is 575. The molecule has 0 spiro atoms. The Morgan fingerprint density at radius 1 is 1.29 bits per heavy atom. The maximum Gasteiger partial charge on any atom is 0.228 e. The van der Waals surface area contributed by atoms with Crippen molar-refractivity contribution in [1.29, 1.82) is 0 Å². The number of rotatable bonds is 4. The number of hydrogen-bond acceptors (Lipinski definition) is 3. The predicted molar refractivity (Wildman–Crippen MR) is 93.2 cm³/mol. The summed E-state index contributed by atoms with van der Waals surface area (Å²) in [6.07, 6.45) is 9.72. The number of piperidine rings is 1. The van der Waals surface area contributed by atoms with Crippen LogP contribution in [-0.4, -0.2) is 38.6 Å². The molecule has 2 unspecified atom stereocenters. The summed E-state index contributed by atoms with van der Waals surface area (Å²) >= 11 is 0. The number of aromatic nitrogens is 2. The minimum atomic E-state index is -0.602. The Morgan fingerprint density at radius 2 is 2.00 bits per heavy atom. The zero-order valence-electron chi connectivity index (χ0n) is 15.2. The van der Waals surface area contributed by atoms with E-state index in [-0.39, 0.29) is 17.2 Å². The van der Waals surface area contributed by atoms with E-state index in [2.05, 4.69) is 18.8 Å². The van der Waals surface area contributed by atoms with Gasteiger partial charge in [0.15, 0.2) is 0 Å². The Hall–Kier alpha value is -1.36. The van der Waals surface area contributed by atoms with Crippen LogP contribution in [0.25, 0.3) is 0 Å². The second-order valence-electron chi connectivity index (χ2n) is 8.20. The number of aryl methyl sites for hydroxylation is 1. The molecule has 0 aromatic carbocycles. The Labute approximate surface area is 145 Å². The third-order valence-corrected chi connectivity index (χ3v) is 6.24. The van der Waals surface area contributed by atoms with Crippen molar-refractivity contribution in [1.82, 2.24) is 14.5 Å². The minimum absolute atomic E-state index is 0.0724. The molecule has 1 aliphatic heterocycles. The predicted octanol–water partition coefficient (Wildman–Crippen LogP) is 2.91. The van der Waals surface area contributed by atoms with Crippen LogP contribution >= 0.6 is 0 Å². The van der Waals surface area contributed by atoms with Crippen LogP contribution in [-0.2, 0) is 11.8 Å². The molecule has 2 heterocycles. The van der Waals surface area contributed by atoms with Gasteiger partial charge in [-0.05, 0) is 31.6 Å². The summed E-state index contributed by atoms with van der Waals surface area (Å²) in [4.78, 5) is 19.4. The molecule has 2 aliphatic rings. The van der Waals surface area contributed by atoms with Crippen LogP contribution < -0.4 is 0 Å². The normalized spacial score (nSPS) is 24.3. The van der Waals surface area contributed by atoms with Crippen molar-refractivity contribution in [2.75, 3.05) is 13.1 Å². The van der Waals surface area contributed by atoms with E-state index in [4.69, 9.17) is 0 Å². The molecule has 5 heteroatoms. The lowest BCUT2D eigenvalue weighted by Gasteiger charge is -2.41. The van der Waals surface area contributed by atoms with Crippen LogP contribution in [0, 0.1) is 17.3 Å². The summed E-state index contributed by atoms with van der Waals surface area (Å²) in [6.45, 7) is 5.69. The molecule has 2 atom stereocenters. The van der Waals surface area contributed by atoms with E-state index in [1.54, 1.807) is 6.20 Å².